The maximum atomic E-state index is 5.92. The van der Waals surface area contributed by atoms with Gasteiger partial charge in [-0.15, -0.1) is 11.3 Å². The van der Waals surface area contributed by atoms with Crippen molar-refractivity contribution in [3.8, 4) is 0 Å². The Balaban J connectivity index is 1.76. The number of pyridine rings is 1. The summed E-state index contributed by atoms with van der Waals surface area (Å²) in [5.41, 5.74) is 2.54. The van der Waals surface area contributed by atoms with E-state index < -0.39 is 0 Å². The standard InChI is InChI=1S/C15H16BrClN2S/c1-9(19-11-7-12(16)15(17)18-8-11)14-6-10-4-2-3-5-13(10)20-14/h6-9,19H,2-5H2,1H3. The van der Waals surface area contributed by atoms with Crippen molar-refractivity contribution in [2.75, 3.05) is 5.32 Å². The number of aryl methyl sites for hydroxylation is 2. The van der Waals surface area contributed by atoms with Gasteiger partial charge in [0.25, 0.3) is 0 Å². The maximum absolute atomic E-state index is 5.92. The number of rotatable bonds is 3. The summed E-state index contributed by atoms with van der Waals surface area (Å²) in [6.45, 7) is 2.19. The van der Waals surface area contributed by atoms with E-state index in [2.05, 4.69) is 39.2 Å². The molecule has 0 saturated carbocycles. The molecule has 2 nitrogen and oxygen atoms in total. The van der Waals surface area contributed by atoms with Crippen LogP contribution in [0.5, 0.6) is 0 Å². The van der Waals surface area contributed by atoms with Gasteiger partial charge in [0.1, 0.15) is 5.15 Å². The first-order valence-electron chi connectivity index (χ1n) is 6.82. The Hall–Kier alpha value is -0.580. The molecule has 106 valence electrons. The molecule has 0 radical (unpaired) electrons. The van der Waals surface area contributed by atoms with Crippen LogP contribution in [0.2, 0.25) is 5.15 Å². The predicted octanol–water partition coefficient (Wildman–Crippen LogP) is 5.61. The monoisotopic (exact) mass is 370 g/mol. The molecule has 2 aromatic heterocycles. The molecule has 0 aliphatic heterocycles. The molecule has 0 amide bonds. The molecule has 1 N–H and O–H groups in total. The van der Waals surface area contributed by atoms with E-state index in [1.54, 1.807) is 16.6 Å². The van der Waals surface area contributed by atoms with Crippen LogP contribution in [0.15, 0.2) is 22.8 Å². The average molecular weight is 372 g/mol. The quantitative estimate of drug-likeness (QED) is 0.709. The van der Waals surface area contributed by atoms with Gasteiger partial charge in [-0.1, -0.05) is 11.6 Å². The fourth-order valence-electron chi connectivity index (χ4n) is 2.55. The van der Waals surface area contributed by atoms with Crippen molar-refractivity contribution in [2.24, 2.45) is 0 Å². The fraction of sp³-hybridized carbons (Fsp3) is 0.400. The van der Waals surface area contributed by atoms with E-state index in [-0.39, 0.29) is 0 Å². The van der Waals surface area contributed by atoms with Crippen LogP contribution in [0.1, 0.15) is 41.1 Å². The van der Waals surface area contributed by atoms with Gasteiger partial charge < -0.3 is 5.32 Å². The number of fused-ring (bicyclic) bond motifs is 1. The lowest BCUT2D eigenvalue weighted by Crippen LogP contribution is -2.05. The Morgan fingerprint density at radius 3 is 2.90 bits per heavy atom. The van der Waals surface area contributed by atoms with Crippen LogP contribution in [0.3, 0.4) is 0 Å². The van der Waals surface area contributed by atoms with E-state index in [1.807, 2.05) is 17.4 Å². The lowest BCUT2D eigenvalue weighted by Gasteiger charge is -2.13. The van der Waals surface area contributed by atoms with Crippen molar-refractivity contribution in [1.29, 1.82) is 0 Å². The molecule has 3 rings (SSSR count). The first-order chi connectivity index (χ1) is 9.63. The first-order valence-corrected chi connectivity index (χ1v) is 8.81. The summed E-state index contributed by atoms with van der Waals surface area (Å²) in [6.07, 6.45) is 6.94. The third-order valence-electron chi connectivity index (χ3n) is 3.62. The lowest BCUT2D eigenvalue weighted by atomic mass is 9.99. The van der Waals surface area contributed by atoms with E-state index >= 15 is 0 Å². The summed E-state index contributed by atoms with van der Waals surface area (Å²) in [6, 6.07) is 4.63. The Kier molecular flexibility index (Phi) is 4.34. The molecule has 20 heavy (non-hydrogen) atoms. The van der Waals surface area contributed by atoms with Crippen LogP contribution in [0.25, 0.3) is 0 Å². The highest BCUT2D eigenvalue weighted by Crippen LogP contribution is 2.34. The molecule has 2 aromatic rings. The largest absolute Gasteiger partial charge is 0.376 e. The van der Waals surface area contributed by atoms with E-state index in [9.17, 15) is 0 Å². The molecule has 5 heteroatoms. The number of hydrogen-bond donors (Lipinski definition) is 1. The third kappa shape index (κ3) is 3.02. The first kappa shape index (κ1) is 14.4. The third-order valence-corrected chi connectivity index (χ3v) is 6.18. The van der Waals surface area contributed by atoms with Crippen molar-refractivity contribution >= 4 is 44.6 Å². The summed E-state index contributed by atoms with van der Waals surface area (Å²) in [5, 5.41) is 3.99. The van der Waals surface area contributed by atoms with Crippen molar-refractivity contribution in [3.05, 3.63) is 43.3 Å². The SMILES string of the molecule is CC(Nc1cnc(Cl)c(Br)c1)c1cc2c(s1)CCCC2. The molecule has 1 aliphatic carbocycles. The van der Waals surface area contributed by atoms with Crippen LogP contribution in [0, 0.1) is 0 Å². The number of nitrogens with zero attached hydrogens (tertiary/aromatic N) is 1. The van der Waals surface area contributed by atoms with Crippen LogP contribution in [0.4, 0.5) is 5.69 Å². The highest BCUT2D eigenvalue weighted by Gasteiger charge is 2.16. The summed E-state index contributed by atoms with van der Waals surface area (Å²) in [7, 11) is 0. The number of nitrogens with one attached hydrogen (secondary N) is 1. The zero-order valence-corrected chi connectivity index (χ0v) is 14.4. The van der Waals surface area contributed by atoms with Crippen LogP contribution in [-0.2, 0) is 12.8 Å². The summed E-state index contributed by atoms with van der Waals surface area (Å²) in [4.78, 5) is 7.13. The molecule has 1 unspecified atom stereocenters. The van der Waals surface area contributed by atoms with Crippen molar-refractivity contribution < 1.29 is 0 Å². The zero-order chi connectivity index (χ0) is 14.1. The Morgan fingerprint density at radius 2 is 2.15 bits per heavy atom. The number of anilines is 1. The highest BCUT2D eigenvalue weighted by molar-refractivity contribution is 9.10. The number of thiophene rings is 1. The minimum absolute atomic E-state index is 0.292. The number of halogens is 2. The average Bonchev–Trinajstić information content (AvgIpc) is 2.87. The molecule has 0 fully saturated rings. The van der Waals surface area contributed by atoms with E-state index in [0.29, 0.717) is 11.2 Å². The summed E-state index contributed by atoms with van der Waals surface area (Å²) >= 11 is 11.3. The second kappa shape index (κ2) is 6.04. The van der Waals surface area contributed by atoms with Crippen molar-refractivity contribution in [2.45, 2.75) is 38.6 Å². The minimum Gasteiger partial charge on any atom is -0.376 e. The number of hydrogen-bond acceptors (Lipinski definition) is 3. The van der Waals surface area contributed by atoms with E-state index in [4.69, 9.17) is 11.6 Å². The van der Waals surface area contributed by atoms with Gasteiger partial charge in [0, 0.05) is 9.75 Å². The van der Waals surface area contributed by atoms with Crippen LogP contribution < -0.4 is 5.32 Å². The molecule has 1 aliphatic rings. The van der Waals surface area contributed by atoms with Gasteiger partial charge in [-0.25, -0.2) is 4.98 Å². The lowest BCUT2D eigenvalue weighted by molar-refractivity contribution is 0.696. The molecule has 0 aromatic carbocycles. The summed E-state index contributed by atoms with van der Waals surface area (Å²) in [5.74, 6) is 0. The van der Waals surface area contributed by atoms with E-state index in [0.717, 1.165) is 10.2 Å². The second-order valence-corrected chi connectivity index (χ2v) is 7.55. The summed E-state index contributed by atoms with van der Waals surface area (Å²) < 4.78 is 0.821. The second-order valence-electron chi connectivity index (χ2n) is 5.17. The Bertz CT molecular complexity index is 603. The molecule has 0 bridgehead atoms. The van der Waals surface area contributed by atoms with Gasteiger partial charge in [0.05, 0.1) is 22.4 Å². The van der Waals surface area contributed by atoms with Crippen LogP contribution >= 0.6 is 38.9 Å². The van der Waals surface area contributed by atoms with Gasteiger partial charge >= 0.3 is 0 Å². The normalized spacial score (nSPS) is 15.8. The van der Waals surface area contributed by atoms with Gasteiger partial charge in [0.15, 0.2) is 0 Å². The Morgan fingerprint density at radius 1 is 1.35 bits per heavy atom. The minimum atomic E-state index is 0.292. The van der Waals surface area contributed by atoms with Gasteiger partial charge in [-0.3, -0.25) is 0 Å². The highest BCUT2D eigenvalue weighted by atomic mass is 79.9. The molecule has 0 spiro atoms. The molecular weight excluding hydrogens is 356 g/mol. The van der Waals surface area contributed by atoms with Crippen molar-refractivity contribution in [3.63, 3.8) is 0 Å². The number of aromatic nitrogens is 1. The van der Waals surface area contributed by atoms with Gasteiger partial charge in [-0.05, 0) is 66.2 Å². The Labute approximate surface area is 136 Å². The molecule has 0 saturated heterocycles. The van der Waals surface area contributed by atoms with Crippen molar-refractivity contribution in [1.82, 2.24) is 4.98 Å². The van der Waals surface area contributed by atoms with Gasteiger partial charge in [-0.2, -0.15) is 0 Å². The van der Waals surface area contributed by atoms with Crippen LogP contribution in [-0.4, -0.2) is 4.98 Å². The molecule has 1 atom stereocenters. The van der Waals surface area contributed by atoms with E-state index in [1.165, 1.54) is 30.6 Å². The topological polar surface area (TPSA) is 24.9 Å². The molecule has 2 heterocycles. The molecular formula is C15H16BrClN2S. The zero-order valence-electron chi connectivity index (χ0n) is 11.2. The smallest absolute Gasteiger partial charge is 0.143 e. The maximum Gasteiger partial charge on any atom is 0.143 e. The van der Waals surface area contributed by atoms with Gasteiger partial charge in [0.2, 0.25) is 0 Å². The predicted molar refractivity (Wildman–Crippen MR) is 89.9 cm³/mol. The fourth-order valence-corrected chi connectivity index (χ4v) is 4.26.